The molecule has 17 heavy (non-hydrogen) atoms. The van der Waals surface area contributed by atoms with Gasteiger partial charge in [-0.15, -0.1) is 0 Å². The lowest BCUT2D eigenvalue weighted by atomic mass is 10.0. The molecule has 1 aliphatic rings. The summed E-state index contributed by atoms with van der Waals surface area (Å²) in [6.45, 7) is 1.04. The average molecular weight is 232 g/mol. The smallest absolute Gasteiger partial charge is 0.274 e. The van der Waals surface area contributed by atoms with E-state index in [1.54, 1.807) is 0 Å². The number of hydrogen-bond donors (Lipinski definition) is 1. The molecule has 5 nitrogen and oxygen atoms in total. The summed E-state index contributed by atoms with van der Waals surface area (Å²) in [5.74, 6) is 1.38. The number of hydrogen-bond acceptors (Lipinski definition) is 4. The Morgan fingerprint density at radius 2 is 2.41 bits per heavy atom. The third-order valence-corrected chi connectivity index (χ3v) is 3.23. The van der Waals surface area contributed by atoms with Crippen LogP contribution in [0.1, 0.15) is 31.1 Å². The minimum Gasteiger partial charge on any atom is -0.347 e. The molecule has 0 saturated carbocycles. The van der Waals surface area contributed by atoms with Gasteiger partial charge in [0.05, 0.1) is 6.04 Å². The molecule has 1 fully saturated rings. The van der Waals surface area contributed by atoms with Crippen LogP contribution in [0.3, 0.4) is 0 Å². The van der Waals surface area contributed by atoms with Crippen molar-refractivity contribution < 1.29 is 4.52 Å². The number of rotatable bonds is 2. The third-order valence-electron chi connectivity index (χ3n) is 3.23. The van der Waals surface area contributed by atoms with E-state index in [4.69, 9.17) is 4.52 Å². The quantitative estimate of drug-likeness (QED) is 0.859. The molecule has 0 unspecified atom stereocenters. The molecule has 0 amide bonds. The van der Waals surface area contributed by atoms with Gasteiger partial charge in [-0.1, -0.05) is 11.6 Å². The highest BCUT2D eigenvalue weighted by molar-refractivity contribution is 5.47. The number of nitrogens with one attached hydrogen (secondary N) is 1. The van der Waals surface area contributed by atoms with Crippen molar-refractivity contribution in [1.29, 1.82) is 0 Å². The van der Waals surface area contributed by atoms with Crippen molar-refractivity contribution in [3.05, 3.63) is 24.2 Å². The highest BCUT2D eigenvalue weighted by Crippen LogP contribution is 2.23. The normalized spacial score (nSPS) is 20.6. The van der Waals surface area contributed by atoms with Crippen LogP contribution in [0.5, 0.6) is 0 Å². The van der Waals surface area contributed by atoms with Gasteiger partial charge in [-0.3, -0.25) is 0 Å². The molecule has 1 N–H and O–H groups in total. The Morgan fingerprint density at radius 3 is 3.12 bits per heavy atom. The molecule has 5 heteroatoms. The van der Waals surface area contributed by atoms with E-state index in [0.29, 0.717) is 5.89 Å². The zero-order valence-electron chi connectivity index (χ0n) is 9.89. The van der Waals surface area contributed by atoms with Gasteiger partial charge in [0.15, 0.2) is 5.82 Å². The summed E-state index contributed by atoms with van der Waals surface area (Å²) in [5, 5.41) is 7.49. The predicted molar refractivity (Wildman–Crippen MR) is 63.3 cm³/mol. The summed E-state index contributed by atoms with van der Waals surface area (Å²) in [6, 6.07) is 4.20. The topological polar surface area (TPSA) is 55.9 Å². The first-order valence-electron chi connectivity index (χ1n) is 6.03. The molecular weight excluding hydrogens is 216 g/mol. The number of aromatic nitrogens is 3. The summed E-state index contributed by atoms with van der Waals surface area (Å²) in [4.78, 5) is 4.48. The fourth-order valence-corrected chi connectivity index (χ4v) is 2.24. The molecule has 0 aromatic carbocycles. The van der Waals surface area contributed by atoms with Crippen LogP contribution in [0, 0.1) is 0 Å². The van der Waals surface area contributed by atoms with Gasteiger partial charge in [-0.2, -0.15) is 4.98 Å². The van der Waals surface area contributed by atoms with Crippen molar-refractivity contribution in [3.8, 4) is 11.6 Å². The zero-order valence-corrected chi connectivity index (χ0v) is 9.89. The van der Waals surface area contributed by atoms with E-state index in [2.05, 4.69) is 15.5 Å². The van der Waals surface area contributed by atoms with Gasteiger partial charge in [-0.25, -0.2) is 0 Å². The number of nitrogens with zero attached hydrogens (tertiary/aromatic N) is 3. The maximum atomic E-state index is 5.32. The molecule has 0 spiro atoms. The molecule has 2 aromatic rings. The van der Waals surface area contributed by atoms with Crippen LogP contribution in [0.25, 0.3) is 11.6 Å². The maximum absolute atomic E-state index is 5.32. The predicted octanol–water partition coefficient (Wildman–Crippen LogP) is 1.89. The van der Waals surface area contributed by atoms with Crippen LogP contribution >= 0.6 is 0 Å². The van der Waals surface area contributed by atoms with E-state index in [1.165, 1.54) is 12.8 Å². The molecule has 1 atom stereocenters. The molecule has 3 rings (SSSR count). The van der Waals surface area contributed by atoms with Crippen molar-refractivity contribution in [3.63, 3.8) is 0 Å². The summed E-state index contributed by atoms with van der Waals surface area (Å²) >= 11 is 0. The first-order valence-corrected chi connectivity index (χ1v) is 6.03. The van der Waals surface area contributed by atoms with Crippen LogP contribution in [-0.4, -0.2) is 21.3 Å². The molecule has 1 aliphatic heterocycles. The Labute approximate surface area is 99.8 Å². The lowest BCUT2D eigenvalue weighted by Crippen LogP contribution is -2.27. The fourth-order valence-electron chi connectivity index (χ4n) is 2.24. The van der Waals surface area contributed by atoms with Gasteiger partial charge in [0.2, 0.25) is 0 Å². The van der Waals surface area contributed by atoms with Crippen LogP contribution < -0.4 is 5.32 Å². The molecule has 0 radical (unpaired) electrons. The van der Waals surface area contributed by atoms with Gasteiger partial charge in [-0.05, 0) is 31.5 Å². The summed E-state index contributed by atoms with van der Waals surface area (Å²) in [5.41, 5.74) is 0.958. The largest absolute Gasteiger partial charge is 0.347 e. The Kier molecular flexibility index (Phi) is 2.68. The van der Waals surface area contributed by atoms with Gasteiger partial charge in [0.25, 0.3) is 5.89 Å². The molecule has 0 aliphatic carbocycles. The Morgan fingerprint density at radius 1 is 1.47 bits per heavy atom. The standard InChI is InChI=1S/C12H16N4O/c1-16-8-4-6-10(16)12-14-11(15-17-12)9-5-2-3-7-13-9/h4,6,8-9,13H,2-3,5,7H2,1H3/t9-/m1/s1. The molecule has 90 valence electrons. The SMILES string of the molecule is Cn1cccc1-c1nc([C@H]2CCCCN2)no1. The van der Waals surface area contributed by atoms with Gasteiger partial charge in [0.1, 0.15) is 5.69 Å². The number of piperidine rings is 1. The molecule has 2 aromatic heterocycles. The van der Waals surface area contributed by atoms with Crippen LogP contribution in [-0.2, 0) is 7.05 Å². The molecule has 3 heterocycles. The Hall–Kier alpha value is -1.62. The number of aryl methyl sites for hydroxylation is 1. The van der Waals surface area contributed by atoms with Crippen LogP contribution in [0.15, 0.2) is 22.9 Å². The summed E-state index contributed by atoms with van der Waals surface area (Å²) in [6.07, 6.45) is 5.52. The molecule has 0 bridgehead atoms. The highest BCUT2D eigenvalue weighted by atomic mass is 16.5. The monoisotopic (exact) mass is 232 g/mol. The van der Waals surface area contributed by atoms with Crippen LogP contribution in [0.4, 0.5) is 0 Å². The molecule has 1 saturated heterocycles. The van der Waals surface area contributed by atoms with Gasteiger partial charge < -0.3 is 14.4 Å². The van der Waals surface area contributed by atoms with Gasteiger partial charge in [0, 0.05) is 13.2 Å². The second-order valence-corrected chi connectivity index (χ2v) is 4.46. The fraction of sp³-hybridized carbons (Fsp3) is 0.500. The van der Waals surface area contributed by atoms with Gasteiger partial charge >= 0.3 is 0 Å². The minimum absolute atomic E-state index is 0.251. The second-order valence-electron chi connectivity index (χ2n) is 4.46. The maximum Gasteiger partial charge on any atom is 0.274 e. The van der Waals surface area contributed by atoms with E-state index in [9.17, 15) is 0 Å². The average Bonchev–Trinajstić information content (AvgIpc) is 2.98. The Balaban J connectivity index is 1.85. The highest BCUT2D eigenvalue weighted by Gasteiger charge is 2.21. The van der Waals surface area contributed by atoms with Crippen LogP contribution in [0.2, 0.25) is 0 Å². The van der Waals surface area contributed by atoms with Crippen molar-refractivity contribution in [2.45, 2.75) is 25.3 Å². The summed E-state index contributed by atoms with van der Waals surface area (Å²) in [7, 11) is 1.97. The molecular formula is C12H16N4O. The lowest BCUT2D eigenvalue weighted by molar-refractivity contribution is 0.366. The van der Waals surface area contributed by atoms with E-state index >= 15 is 0 Å². The second kappa shape index (κ2) is 4.33. The van der Waals surface area contributed by atoms with E-state index in [1.807, 2.05) is 29.9 Å². The first-order chi connectivity index (χ1) is 8.34. The Bertz CT molecular complexity index is 496. The zero-order chi connectivity index (χ0) is 11.7. The van der Waals surface area contributed by atoms with E-state index in [-0.39, 0.29) is 6.04 Å². The minimum atomic E-state index is 0.251. The van der Waals surface area contributed by atoms with Crippen molar-refractivity contribution >= 4 is 0 Å². The van der Waals surface area contributed by atoms with E-state index in [0.717, 1.165) is 24.5 Å². The van der Waals surface area contributed by atoms with Crippen molar-refractivity contribution in [2.24, 2.45) is 7.05 Å². The lowest BCUT2D eigenvalue weighted by Gasteiger charge is -2.19. The van der Waals surface area contributed by atoms with E-state index < -0.39 is 0 Å². The third kappa shape index (κ3) is 1.98. The first kappa shape index (κ1) is 10.5. The van der Waals surface area contributed by atoms with Crippen molar-refractivity contribution in [1.82, 2.24) is 20.0 Å². The van der Waals surface area contributed by atoms with Crippen molar-refractivity contribution in [2.75, 3.05) is 6.54 Å². The summed E-state index contributed by atoms with van der Waals surface area (Å²) < 4.78 is 7.30.